The fourth-order valence-corrected chi connectivity index (χ4v) is 3.90. The van der Waals surface area contributed by atoms with Crippen LogP contribution in [-0.4, -0.2) is 39.8 Å². The summed E-state index contributed by atoms with van der Waals surface area (Å²) < 4.78 is 26.6. The molecule has 0 heterocycles. The van der Waals surface area contributed by atoms with Crippen molar-refractivity contribution in [2.24, 2.45) is 0 Å². The van der Waals surface area contributed by atoms with Gasteiger partial charge in [0.25, 0.3) is 0 Å². The normalized spacial score (nSPS) is 17.9. The van der Waals surface area contributed by atoms with Crippen LogP contribution in [0, 0.1) is 0 Å². The Bertz CT molecular complexity index is 610. The first kappa shape index (κ1) is 16.1. The molecule has 0 bridgehead atoms. The molecule has 0 spiro atoms. The van der Waals surface area contributed by atoms with Crippen molar-refractivity contribution in [3.05, 3.63) is 18.2 Å². The Morgan fingerprint density at radius 3 is 2.57 bits per heavy atom. The summed E-state index contributed by atoms with van der Waals surface area (Å²) in [6.07, 6.45) is 3.52. The van der Waals surface area contributed by atoms with Crippen molar-refractivity contribution in [3.8, 4) is 0 Å². The average molecular weight is 313 g/mol. The molecule has 7 heteroatoms. The summed E-state index contributed by atoms with van der Waals surface area (Å²) in [7, 11) is -0.447. The van der Waals surface area contributed by atoms with Gasteiger partial charge in [-0.2, -0.15) is 0 Å². The van der Waals surface area contributed by atoms with E-state index in [4.69, 9.17) is 5.73 Å². The summed E-state index contributed by atoms with van der Waals surface area (Å²) in [4.78, 5) is 1.92. The second-order valence-corrected chi connectivity index (χ2v) is 7.58. The Labute approximate surface area is 126 Å². The van der Waals surface area contributed by atoms with Gasteiger partial charge in [-0.3, -0.25) is 0 Å². The number of nitrogens with one attached hydrogen (secondary N) is 1. The molecule has 1 aliphatic carbocycles. The van der Waals surface area contributed by atoms with Gasteiger partial charge in [-0.05, 0) is 38.1 Å². The summed E-state index contributed by atoms with van der Waals surface area (Å²) in [5, 5.41) is 10.5. The smallest absolute Gasteiger partial charge is 0.242 e. The average Bonchev–Trinajstić information content (AvgIpc) is 2.84. The summed E-state index contributed by atoms with van der Waals surface area (Å²) in [6.45, 7) is 0.406. The van der Waals surface area contributed by atoms with Gasteiger partial charge in [0.1, 0.15) is 4.90 Å². The van der Waals surface area contributed by atoms with E-state index in [1.165, 1.54) is 13.1 Å². The lowest BCUT2D eigenvalue weighted by molar-refractivity contribution is 0.0558. The number of likely N-dealkylation sites (N-methyl/N-ethyl adjacent to an activating group) is 1. The molecular weight excluding hydrogens is 290 g/mol. The van der Waals surface area contributed by atoms with Gasteiger partial charge in [-0.1, -0.05) is 12.8 Å². The molecule has 0 saturated heterocycles. The molecule has 0 aliphatic heterocycles. The van der Waals surface area contributed by atoms with Crippen LogP contribution in [0.2, 0.25) is 0 Å². The minimum Gasteiger partial charge on any atom is -0.399 e. The number of anilines is 2. The van der Waals surface area contributed by atoms with E-state index in [9.17, 15) is 13.5 Å². The first-order valence-corrected chi connectivity index (χ1v) is 8.52. The molecule has 1 aromatic carbocycles. The van der Waals surface area contributed by atoms with Crippen molar-refractivity contribution in [2.45, 2.75) is 36.2 Å². The van der Waals surface area contributed by atoms with Gasteiger partial charge < -0.3 is 15.7 Å². The lowest BCUT2D eigenvalue weighted by Crippen LogP contribution is -2.40. The molecule has 0 unspecified atom stereocenters. The van der Waals surface area contributed by atoms with Crippen molar-refractivity contribution in [3.63, 3.8) is 0 Å². The van der Waals surface area contributed by atoms with E-state index in [0.29, 0.717) is 17.9 Å². The third kappa shape index (κ3) is 3.48. The maximum Gasteiger partial charge on any atom is 0.242 e. The molecule has 0 amide bonds. The Balaban J connectivity index is 2.34. The number of nitrogens with two attached hydrogens (primary N) is 1. The molecule has 0 radical (unpaired) electrons. The summed E-state index contributed by atoms with van der Waals surface area (Å²) in [5.41, 5.74) is 5.90. The van der Waals surface area contributed by atoms with E-state index in [1.807, 2.05) is 0 Å². The molecule has 1 fully saturated rings. The molecule has 4 N–H and O–H groups in total. The highest BCUT2D eigenvalue weighted by Crippen LogP contribution is 2.33. The predicted molar refractivity (Wildman–Crippen MR) is 83.8 cm³/mol. The van der Waals surface area contributed by atoms with Crippen LogP contribution < -0.4 is 15.4 Å². The van der Waals surface area contributed by atoms with Crippen LogP contribution in [-0.2, 0) is 10.0 Å². The Kier molecular flexibility index (Phi) is 4.46. The molecule has 2 rings (SSSR count). The Morgan fingerprint density at radius 2 is 2.00 bits per heavy atom. The van der Waals surface area contributed by atoms with Crippen LogP contribution in [0.3, 0.4) is 0 Å². The lowest BCUT2D eigenvalue weighted by atomic mass is 10.0. The third-order valence-corrected chi connectivity index (χ3v) is 5.46. The topological polar surface area (TPSA) is 95.7 Å². The van der Waals surface area contributed by atoms with E-state index in [0.717, 1.165) is 25.7 Å². The molecule has 1 aliphatic rings. The highest BCUT2D eigenvalue weighted by atomic mass is 32.2. The van der Waals surface area contributed by atoms with Crippen LogP contribution in [0.4, 0.5) is 11.4 Å². The quantitative estimate of drug-likeness (QED) is 0.703. The van der Waals surface area contributed by atoms with E-state index < -0.39 is 15.6 Å². The molecule has 1 aromatic rings. The zero-order valence-electron chi connectivity index (χ0n) is 12.5. The van der Waals surface area contributed by atoms with Crippen LogP contribution in [0.1, 0.15) is 25.7 Å². The number of hydrogen-bond donors (Lipinski definition) is 3. The van der Waals surface area contributed by atoms with Crippen molar-refractivity contribution < 1.29 is 13.5 Å². The van der Waals surface area contributed by atoms with Crippen LogP contribution in [0.25, 0.3) is 0 Å². The van der Waals surface area contributed by atoms with E-state index >= 15 is 0 Å². The summed E-state index contributed by atoms with van der Waals surface area (Å²) in [5.74, 6) is 0. The van der Waals surface area contributed by atoms with Crippen molar-refractivity contribution in [2.75, 3.05) is 31.3 Å². The largest absolute Gasteiger partial charge is 0.399 e. The van der Waals surface area contributed by atoms with Crippen molar-refractivity contribution >= 4 is 21.4 Å². The third-order valence-electron chi connectivity index (χ3n) is 4.02. The Hall–Kier alpha value is -1.31. The highest BCUT2D eigenvalue weighted by Gasteiger charge is 2.33. The fourth-order valence-electron chi connectivity index (χ4n) is 2.89. The minimum atomic E-state index is -3.60. The maximum absolute atomic E-state index is 12.1. The zero-order chi connectivity index (χ0) is 15.7. The van der Waals surface area contributed by atoms with Gasteiger partial charge >= 0.3 is 0 Å². The lowest BCUT2D eigenvalue weighted by Gasteiger charge is -2.31. The van der Waals surface area contributed by atoms with Crippen LogP contribution in [0.15, 0.2) is 23.1 Å². The van der Waals surface area contributed by atoms with Crippen molar-refractivity contribution in [1.82, 2.24) is 4.72 Å². The number of benzene rings is 1. The van der Waals surface area contributed by atoms with E-state index in [1.54, 1.807) is 24.1 Å². The van der Waals surface area contributed by atoms with Gasteiger partial charge in [0.15, 0.2) is 0 Å². The molecule has 118 valence electrons. The van der Waals surface area contributed by atoms with Crippen LogP contribution in [0.5, 0.6) is 0 Å². The monoisotopic (exact) mass is 313 g/mol. The molecular formula is C14H23N3O3S. The highest BCUT2D eigenvalue weighted by molar-refractivity contribution is 7.89. The van der Waals surface area contributed by atoms with Gasteiger partial charge in [0.2, 0.25) is 10.0 Å². The second-order valence-electron chi connectivity index (χ2n) is 5.72. The van der Waals surface area contributed by atoms with Crippen LogP contribution >= 0.6 is 0 Å². The van der Waals surface area contributed by atoms with E-state index in [-0.39, 0.29) is 4.90 Å². The van der Waals surface area contributed by atoms with E-state index in [2.05, 4.69) is 4.72 Å². The number of nitrogens with zero attached hydrogens (tertiary/aromatic N) is 1. The zero-order valence-corrected chi connectivity index (χ0v) is 13.3. The van der Waals surface area contributed by atoms with Gasteiger partial charge in [-0.15, -0.1) is 0 Å². The van der Waals surface area contributed by atoms with Crippen molar-refractivity contribution in [1.29, 1.82) is 0 Å². The molecule has 0 atom stereocenters. The predicted octanol–water partition coefficient (Wildman–Crippen LogP) is 0.918. The van der Waals surface area contributed by atoms with Gasteiger partial charge in [-0.25, -0.2) is 13.1 Å². The number of aliphatic hydroxyl groups is 1. The first-order valence-electron chi connectivity index (χ1n) is 7.04. The molecule has 1 saturated carbocycles. The molecule has 21 heavy (non-hydrogen) atoms. The number of nitrogen functional groups attached to an aromatic ring is 1. The standard InChI is InChI=1S/C14H23N3O3S/c1-16-21(19,20)13-9-11(15)5-6-12(13)17(2)10-14(18)7-3-4-8-14/h5-6,9,16,18H,3-4,7-8,10,15H2,1-2H3. The summed E-state index contributed by atoms with van der Waals surface area (Å²) >= 11 is 0. The maximum atomic E-state index is 12.1. The summed E-state index contributed by atoms with van der Waals surface area (Å²) in [6, 6.07) is 4.79. The first-order chi connectivity index (χ1) is 9.77. The number of rotatable bonds is 5. The molecule has 0 aromatic heterocycles. The molecule has 6 nitrogen and oxygen atoms in total. The SMILES string of the molecule is CNS(=O)(=O)c1cc(N)ccc1N(C)CC1(O)CCCC1. The number of sulfonamides is 1. The second kappa shape index (κ2) is 5.82. The fraction of sp³-hybridized carbons (Fsp3) is 0.571. The van der Waals surface area contributed by atoms with Gasteiger partial charge in [0, 0.05) is 19.3 Å². The Morgan fingerprint density at radius 1 is 1.38 bits per heavy atom. The number of hydrogen-bond acceptors (Lipinski definition) is 5. The van der Waals surface area contributed by atoms with Gasteiger partial charge in [0.05, 0.1) is 11.3 Å². The minimum absolute atomic E-state index is 0.133.